The zero-order chi connectivity index (χ0) is 10.2. The maximum absolute atomic E-state index is 5.13. The lowest BCUT2D eigenvalue weighted by Gasteiger charge is -2.16. The molecule has 0 radical (unpaired) electrons. The standard InChI is InChI=1S/C11H14N2O/c1-11(2,3)6-8-4-5-9-10(13-8)12-7-14-9/h4-5,7H,6H2,1-3H3. The van der Waals surface area contributed by atoms with Gasteiger partial charge in [-0.15, -0.1) is 0 Å². The molecule has 0 atom stereocenters. The molecule has 0 aliphatic carbocycles. The van der Waals surface area contributed by atoms with E-state index in [1.54, 1.807) is 0 Å². The molecule has 74 valence electrons. The smallest absolute Gasteiger partial charge is 0.198 e. The van der Waals surface area contributed by atoms with E-state index in [-0.39, 0.29) is 5.41 Å². The number of pyridine rings is 1. The van der Waals surface area contributed by atoms with Crippen LogP contribution >= 0.6 is 0 Å². The third-order valence-electron chi connectivity index (χ3n) is 1.96. The summed E-state index contributed by atoms with van der Waals surface area (Å²) in [5.74, 6) is 0. The van der Waals surface area contributed by atoms with Crippen LogP contribution in [0.5, 0.6) is 0 Å². The average Bonchev–Trinajstić information content (AvgIpc) is 2.47. The van der Waals surface area contributed by atoms with Crippen LogP contribution in [0, 0.1) is 5.41 Å². The first kappa shape index (κ1) is 9.19. The fourth-order valence-corrected chi connectivity index (χ4v) is 1.43. The summed E-state index contributed by atoms with van der Waals surface area (Å²) < 4.78 is 5.13. The van der Waals surface area contributed by atoms with E-state index in [9.17, 15) is 0 Å². The molecule has 2 heterocycles. The quantitative estimate of drug-likeness (QED) is 0.694. The van der Waals surface area contributed by atoms with Gasteiger partial charge in [-0.1, -0.05) is 20.8 Å². The van der Waals surface area contributed by atoms with Gasteiger partial charge in [0.1, 0.15) is 0 Å². The minimum absolute atomic E-state index is 0.254. The highest BCUT2D eigenvalue weighted by Crippen LogP contribution is 2.20. The SMILES string of the molecule is CC(C)(C)Cc1ccc2ocnc2n1. The molecule has 0 unspecified atom stereocenters. The summed E-state index contributed by atoms with van der Waals surface area (Å²) in [5.41, 5.74) is 2.78. The highest BCUT2D eigenvalue weighted by molar-refractivity contribution is 5.66. The molecular formula is C11H14N2O. The van der Waals surface area contributed by atoms with Crippen LogP contribution in [-0.2, 0) is 6.42 Å². The zero-order valence-corrected chi connectivity index (χ0v) is 8.74. The molecule has 3 heteroatoms. The minimum atomic E-state index is 0.254. The van der Waals surface area contributed by atoms with Crippen molar-refractivity contribution >= 4 is 11.2 Å². The predicted octanol–water partition coefficient (Wildman–Crippen LogP) is 2.81. The Morgan fingerprint density at radius 2 is 2.07 bits per heavy atom. The minimum Gasteiger partial charge on any atom is -0.442 e. The molecule has 0 N–H and O–H groups in total. The van der Waals surface area contributed by atoms with Crippen LogP contribution in [0.15, 0.2) is 22.9 Å². The molecule has 2 rings (SSSR count). The zero-order valence-electron chi connectivity index (χ0n) is 8.74. The fraction of sp³-hybridized carbons (Fsp3) is 0.455. The maximum Gasteiger partial charge on any atom is 0.198 e. The molecule has 14 heavy (non-hydrogen) atoms. The van der Waals surface area contributed by atoms with Gasteiger partial charge in [0, 0.05) is 5.69 Å². The van der Waals surface area contributed by atoms with Crippen LogP contribution in [0.3, 0.4) is 0 Å². The molecule has 3 nitrogen and oxygen atoms in total. The molecule has 0 spiro atoms. The Morgan fingerprint density at radius 3 is 2.79 bits per heavy atom. The van der Waals surface area contributed by atoms with Crippen LogP contribution in [0.4, 0.5) is 0 Å². The van der Waals surface area contributed by atoms with Gasteiger partial charge >= 0.3 is 0 Å². The predicted molar refractivity (Wildman–Crippen MR) is 55.0 cm³/mol. The van der Waals surface area contributed by atoms with Crippen molar-refractivity contribution in [3.05, 3.63) is 24.2 Å². The van der Waals surface area contributed by atoms with E-state index in [4.69, 9.17) is 4.42 Å². The molecule has 0 saturated heterocycles. The van der Waals surface area contributed by atoms with Crippen molar-refractivity contribution in [3.8, 4) is 0 Å². The molecule has 0 fully saturated rings. The van der Waals surface area contributed by atoms with E-state index in [0.29, 0.717) is 5.65 Å². The molecule has 2 aromatic heterocycles. The lowest BCUT2D eigenvalue weighted by atomic mass is 9.90. The first-order valence-electron chi connectivity index (χ1n) is 4.74. The highest BCUT2D eigenvalue weighted by atomic mass is 16.3. The van der Waals surface area contributed by atoms with Gasteiger partial charge in [-0.25, -0.2) is 4.98 Å². The summed E-state index contributed by atoms with van der Waals surface area (Å²) in [4.78, 5) is 8.45. The fourth-order valence-electron chi connectivity index (χ4n) is 1.43. The van der Waals surface area contributed by atoms with Crippen molar-refractivity contribution in [3.63, 3.8) is 0 Å². The number of aromatic nitrogens is 2. The van der Waals surface area contributed by atoms with Gasteiger partial charge in [0.2, 0.25) is 0 Å². The third-order valence-corrected chi connectivity index (χ3v) is 1.96. The number of hydrogen-bond donors (Lipinski definition) is 0. The van der Waals surface area contributed by atoms with Gasteiger partial charge in [-0.05, 0) is 24.0 Å². The van der Waals surface area contributed by atoms with Gasteiger partial charge in [0.15, 0.2) is 17.6 Å². The number of rotatable bonds is 1. The normalized spacial score (nSPS) is 12.2. The van der Waals surface area contributed by atoms with Crippen molar-refractivity contribution in [1.82, 2.24) is 9.97 Å². The Bertz CT molecular complexity index is 440. The van der Waals surface area contributed by atoms with Crippen molar-refractivity contribution < 1.29 is 4.42 Å². The van der Waals surface area contributed by atoms with E-state index in [1.165, 1.54) is 6.39 Å². The summed E-state index contributed by atoms with van der Waals surface area (Å²) >= 11 is 0. The Balaban J connectivity index is 2.35. The monoisotopic (exact) mass is 190 g/mol. The highest BCUT2D eigenvalue weighted by Gasteiger charge is 2.13. The van der Waals surface area contributed by atoms with Gasteiger partial charge in [-0.2, -0.15) is 4.98 Å². The largest absolute Gasteiger partial charge is 0.442 e. The van der Waals surface area contributed by atoms with Crippen LogP contribution < -0.4 is 0 Å². The molecule has 0 aliphatic rings. The second-order valence-electron chi connectivity index (χ2n) is 4.71. The lowest BCUT2D eigenvalue weighted by molar-refractivity contribution is 0.407. The molecule has 0 amide bonds. The maximum atomic E-state index is 5.13. The number of fused-ring (bicyclic) bond motifs is 1. The van der Waals surface area contributed by atoms with Crippen molar-refractivity contribution in [1.29, 1.82) is 0 Å². The van der Waals surface area contributed by atoms with E-state index in [0.717, 1.165) is 17.7 Å². The lowest BCUT2D eigenvalue weighted by Crippen LogP contribution is -2.10. The number of hydrogen-bond acceptors (Lipinski definition) is 3. The van der Waals surface area contributed by atoms with Crippen LogP contribution in [0.2, 0.25) is 0 Å². The second kappa shape index (κ2) is 3.08. The molecule has 0 aliphatic heterocycles. The van der Waals surface area contributed by atoms with Crippen LogP contribution in [0.1, 0.15) is 26.5 Å². The average molecular weight is 190 g/mol. The van der Waals surface area contributed by atoms with E-state index < -0.39 is 0 Å². The summed E-state index contributed by atoms with van der Waals surface area (Å²) in [5, 5.41) is 0. The van der Waals surface area contributed by atoms with Gasteiger partial charge in [0.25, 0.3) is 0 Å². The summed E-state index contributed by atoms with van der Waals surface area (Å²) in [7, 11) is 0. The Labute approximate surface area is 83.2 Å². The molecule has 0 aromatic carbocycles. The third kappa shape index (κ3) is 1.92. The summed E-state index contributed by atoms with van der Waals surface area (Å²) in [6.45, 7) is 6.59. The van der Waals surface area contributed by atoms with Gasteiger partial charge in [-0.3, -0.25) is 0 Å². The topological polar surface area (TPSA) is 38.9 Å². The molecule has 0 bridgehead atoms. The Hall–Kier alpha value is -1.38. The van der Waals surface area contributed by atoms with Crippen molar-refractivity contribution in [2.75, 3.05) is 0 Å². The van der Waals surface area contributed by atoms with Gasteiger partial charge < -0.3 is 4.42 Å². The van der Waals surface area contributed by atoms with Crippen molar-refractivity contribution in [2.45, 2.75) is 27.2 Å². The summed E-state index contributed by atoms with van der Waals surface area (Å²) in [6.07, 6.45) is 2.38. The number of nitrogens with zero attached hydrogens (tertiary/aromatic N) is 2. The van der Waals surface area contributed by atoms with E-state index in [2.05, 4.69) is 30.7 Å². The molecule has 2 aromatic rings. The number of oxazole rings is 1. The summed E-state index contributed by atoms with van der Waals surface area (Å²) in [6, 6.07) is 3.93. The van der Waals surface area contributed by atoms with Crippen molar-refractivity contribution in [2.24, 2.45) is 5.41 Å². The Kier molecular flexibility index (Phi) is 2.02. The first-order valence-corrected chi connectivity index (χ1v) is 4.74. The first-order chi connectivity index (χ1) is 6.54. The second-order valence-corrected chi connectivity index (χ2v) is 4.71. The van der Waals surface area contributed by atoms with Gasteiger partial charge in [0.05, 0.1) is 0 Å². The van der Waals surface area contributed by atoms with E-state index >= 15 is 0 Å². The Morgan fingerprint density at radius 1 is 1.29 bits per heavy atom. The molecule has 0 saturated carbocycles. The van der Waals surface area contributed by atoms with Crippen LogP contribution in [-0.4, -0.2) is 9.97 Å². The molecular weight excluding hydrogens is 176 g/mol. The van der Waals surface area contributed by atoms with Crippen LogP contribution in [0.25, 0.3) is 11.2 Å². The van der Waals surface area contributed by atoms with E-state index in [1.807, 2.05) is 12.1 Å².